The largest absolute Gasteiger partial charge is 0.485 e. The number of amides is 1. The lowest BCUT2D eigenvalue weighted by molar-refractivity contribution is 0.0930. The number of aromatic nitrogens is 3. The molecule has 27 heavy (non-hydrogen) atoms. The van der Waals surface area contributed by atoms with E-state index in [1.165, 1.54) is 12.1 Å². The van der Waals surface area contributed by atoms with Crippen molar-refractivity contribution >= 4 is 5.91 Å². The molecule has 0 spiro atoms. The van der Waals surface area contributed by atoms with Crippen molar-refractivity contribution in [2.75, 3.05) is 0 Å². The van der Waals surface area contributed by atoms with Gasteiger partial charge in [0.2, 0.25) is 0 Å². The van der Waals surface area contributed by atoms with Gasteiger partial charge in [0.1, 0.15) is 12.4 Å². The summed E-state index contributed by atoms with van der Waals surface area (Å²) in [6.07, 6.45) is 1.84. The molecule has 142 valence electrons. The maximum atomic E-state index is 13.2. The monoisotopic (exact) mass is 376 g/mol. The zero-order valence-corrected chi connectivity index (χ0v) is 15.0. The SMILES string of the molecule is Cc1nn(C)cc1[C@@H](C)NC(=O)c1cc(COc2ccc(F)c(F)c2)on1. The van der Waals surface area contributed by atoms with E-state index in [9.17, 15) is 13.6 Å². The van der Waals surface area contributed by atoms with Crippen LogP contribution in [0.3, 0.4) is 0 Å². The molecule has 7 nitrogen and oxygen atoms in total. The molecule has 1 amide bonds. The Balaban J connectivity index is 1.60. The van der Waals surface area contributed by atoms with E-state index in [1.807, 2.05) is 27.1 Å². The highest BCUT2D eigenvalue weighted by Gasteiger charge is 2.18. The Morgan fingerprint density at radius 1 is 1.33 bits per heavy atom. The van der Waals surface area contributed by atoms with Gasteiger partial charge < -0.3 is 14.6 Å². The highest BCUT2D eigenvalue weighted by Crippen LogP contribution is 2.18. The van der Waals surface area contributed by atoms with E-state index < -0.39 is 17.5 Å². The summed E-state index contributed by atoms with van der Waals surface area (Å²) >= 11 is 0. The molecule has 0 aliphatic rings. The Kier molecular flexibility index (Phi) is 5.20. The Hall–Kier alpha value is -3.23. The van der Waals surface area contributed by atoms with Crippen molar-refractivity contribution in [3.05, 3.63) is 64.8 Å². The van der Waals surface area contributed by atoms with Crippen LogP contribution in [0.25, 0.3) is 0 Å². The quantitative estimate of drug-likeness (QED) is 0.715. The number of aryl methyl sites for hydroxylation is 2. The lowest BCUT2D eigenvalue weighted by Gasteiger charge is -2.11. The van der Waals surface area contributed by atoms with Gasteiger partial charge in [-0.05, 0) is 26.0 Å². The molecule has 1 atom stereocenters. The van der Waals surface area contributed by atoms with Gasteiger partial charge in [0.05, 0.1) is 11.7 Å². The van der Waals surface area contributed by atoms with Crippen molar-refractivity contribution in [2.24, 2.45) is 7.05 Å². The zero-order chi connectivity index (χ0) is 19.6. The summed E-state index contributed by atoms with van der Waals surface area (Å²) in [5.41, 5.74) is 1.81. The summed E-state index contributed by atoms with van der Waals surface area (Å²) < 4.78 is 38.1. The van der Waals surface area contributed by atoms with Crippen LogP contribution in [-0.2, 0) is 13.7 Å². The summed E-state index contributed by atoms with van der Waals surface area (Å²) in [5, 5.41) is 10.8. The number of benzene rings is 1. The topological polar surface area (TPSA) is 82.2 Å². The molecule has 0 aliphatic heterocycles. The number of carbonyl (C=O) groups is 1. The molecule has 3 rings (SSSR count). The van der Waals surface area contributed by atoms with Crippen molar-refractivity contribution in [1.29, 1.82) is 0 Å². The maximum Gasteiger partial charge on any atom is 0.273 e. The van der Waals surface area contributed by atoms with Crippen molar-refractivity contribution in [1.82, 2.24) is 20.3 Å². The number of ether oxygens (including phenoxy) is 1. The maximum absolute atomic E-state index is 13.2. The fraction of sp³-hybridized carbons (Fsp3) is 0.278. The van der Waals surface area contributed by atoms with Gasteiger partial charge in [-0.3, -0.25) is 9.48 Å². The Bertz CT molecular complexity index is 967. The molecule has 9 heteroatoms. The van der Waals surface area contributed by atoms with E-state index in [1.54, 1.807) is 4.68 Å². The number of halogens is 2. The summed E-state index contributed by atoms with van der Waals surface area (Å²) in [7, 11) is 1.81. The lowest BCUT2D eigenvalue weighted by atomic mass is 10.1. The molecule has 0 saturated heterocycles. The van der Waals surface area contributed by atoms with Crippen LogP contribution in [0.5, 0.6) is 5.75 Å². The van der Waals surface area contributed by atoms with Gasteiger partial charge in [0.25, 0.3) is 5.91 Å². The molecule has 0 saturated carbocycles. The molecular formula is C18H18F2N4O3. The van der Waals surface area contributed by atoms with Gasteiger partial charge in [0, 0.05) is 30.9 Å². The van der Waals surface area contributed by atoms with Crippen LogP contribution in [0.2, 0.25) is 0 Å². The number of nitrogens with one attached hydrogen (secondary N) is 1. The van der Waals surface area contributed by atoms with Gasteiger partial charge in [-0.15, -0.1) is 0 Å². The van der Waals surface area contributed by atoms with E-state index in [0.29, 0.717) is 0 Å². The summed E-state index contributed by atoms with van der Waals surface area (Å²) in [4.78, 5) is 12.3. The second-order valence-corrected chi connectivity index (χ2v) is 6.08. The molecule has 2 aromatic heterocycles. The molecule has 2 heterocycles. The lowest BCUT2D eigenvalue weighted by Crippen LogP contribution is -2.27. The molecule has 1 N–H and O–H groups in total. The van der Waals surface area contributed by atoms with Gasteiger partial charge in [-0.25, -0.2) is 8.78 Å². The third-order valence-corrected chi connectivity index (χ3v) is 3.93. The standard InChI is InChI=1S/C18H18F2N4O3/c1-10(14-8-24(3)22-11(14)2)21-18(25)17-7-13(27-23-17)9-26-12-4-5-15(19)16(20)6-12/h4-8,10H,9H2,1-3H3,(H,21,25)/t10-/m1/s1. The molecule has 1 aromatic carbocycles. The highest BCUT2D eigenvalue weighted by atomic mass is 19.2. The average molecular weight is 376 g/mol. The molecular weight excluding hydrogens is 358 g/mol. The van der Waals surface area contributed by atoms with E-state index >= 15 is 0 Å². The van der Waals surface area contributed by atoms with Gasteiger partial charge >= 0.3 is 0 Å². The van der Waals surface area contributed by atoms with Crippen LogP contribution in [0.15, 0.2) is 35.0 Å². The van der Waals surface area contributed by atoms with Gasteiger partial charge in [-0.2, -0.15) is 5.10 Å². The fourth-order valence-corrected chi connectivity index (χ4v) is 2.60. The highest BCUT2D eigenvalue weighted by molar-refractivity contribution is 5.92. The van der Waals surface area contributed by atoms with Crippen LogP contribution in [0, 0.1) is 18.6 Å². The number of rotatable bonds is 6. The van der Waals surface area contributed by atoms with Crippen molar-refractivity contribution in [3.63, 3.8) is 0 Å². The Morgan fingerprint density at radius 3 is 2.78 bits per heavy atom. The predicted octanol–water partition coefficient (Wildman–Crippen LogP) is 3.06. The first-order valence-corrected chi connectivity index (χ1v) is 8.18. The molecule has 0 unspecified atom stereocenters. The van der Waals surface area contributed by atoms with Gasteiger partial charge in [-0.1, -0.05) is 5.16 Å². The van der Waals surface area contributed by atoms with Gasteiger partial charge in [0.15, 0.2) is 23.1 Å². The number of hydrogen-bond acceptors (Lipinski definition) is 5. The van der Waals surface area contributed by atoms with Crippen LogP contribution < -0.4 is 10.1 Å². The smallest absolute Gasteiger partial charge is 0.273 e. The van der Waals surface area contributed by atoms with Crippen molar-refractivity contribution in [2.45, 2.75) is 26.5 Å². The average Bonchev–Trinajstić information content (AvgIpc) is 3.22. The molecule has 0 bridgehead atoms. The second-order valence-electron chi connectivity index (χ2n) is 6.08. The first-order valence-electron chi connectivity index (χ1n) is 8.18. The van der Waals surface area contributed by atoms with E-state index in [2.05, 4.69) is 15.6 Å². The minimum atomic E-state index is -1.01. The van der Waals surface area contributed by atoms with Crippen molar-refractivity contribution < 1.29 is 22.8 Å². The third kappa shape index (κ3) is 4.30. The minimum absolute atomic E-state index is 0.0807. The number of carbonyl (C=O) groups excluding carboxylic acids is 1. The molecule has 3 aromatic rings. The van der Waals surface area contributed by atoms with Crippen LogP contribution >= 0.6 is 0 Å². The van der Waals surface area contributed by atoms with E-state index in [0.717, 1.165) is 23.4 Å². The van der Waals surface area contributed by atoms with Crippen LogP contribution in [0.4, 0.5) is 8.78 Å². The second kappa shape index (κ2) is 7.56. The summed E-state index contributed by atoms with van der Waals surface area (Å²) in [6.45, 7) is 3.62. The normalized spacial score (nSPS) is 12.0. The first-order chi connectivity index (χ1) is 12.8. The zero-order valence-electron chi connectivity index (χ0n) is 15.0. The van der Waals surface area contributed by atoms with Crippen molar-refractivity contribution in [3.8, 4) is 5.75 Å². The van der Waals surface area contributed by atoms with Crippen LogP contribution in [0.1, 0.15) is 40.5 Å². The number of nitrogens with zero attached hydrogens (tertiary/aromatic N) is 3. The predicted molar refractivity (Wildman–Crippen MR) is 91.0 cm³/mol. The molecule has 0 fully saturated rings. The fourth-order valence-electron chi connectivity index (χ4n) is 2.60. The molecule has 0 aliphatic carbocycles. The summed E-state index contributed by atoms with van der Waals surface area (Å²) in [6, 6.07) is 4.35. The third-order valence-electron chi connectivity index (χ3n) is 3.93. The Labute approximate surface area is 153 Å². The first kappa shape index (κ1) is 18.6. The Morgan fingerprint density at radius 2 is 2.11 bits per heavy atom. The minimum Gasteiger partial charge on any atom is -0.485 e. The summed E-state index contributed by atoms with van der Waals surface area (Å²) in [5.74, 6) is -1.97. The van der Waals surface area contributed by atoms with Crippen LogP contribution in [-0.4, -0.2) is 20.8 Å². The van der Waals surface area contributed by atoms with E-state index in [4.69, 9.17) is 9.26 Å². The molecule has 0 radical (unpaired) electrons. The number of hydrogen-bond donors (Lipinski definition) is 1. The van der Waals surface area contributed by atoms with E-state index in [-0.39, 0.29) is 29.9 Å².